The third-order valence-electron chi connectivity index (χ3n) is 13.4. The van der Waals surface area contributed by atoms with Crippen LogP contribution < -0.4 is 4.44 Å². The SMILES string of the molecule is CCCCN(p1oc2c(C(C)(C)C)cc(C(C)(C)C)cc2c2cc(C(C)(C)C)cc(C(C)(C)C)c2o1)p1oc2c(C(C)(C)C)cc(C(C)(C)C)cc2c2cc(C(C)(C)C)cc(C(C)(C)C)c2o1. The predicted octanol–water partition coefficient (Wildman–Crippen LogP) is 20.5. The van der Waals surface area contributed by atoms with Crippen molar-refractivity contribution in [2.24, 2.45) is 0 Å². The molecule has 368 valence electrons. The van der Waals surface area contributed by atoms with Gasteiger partial charge in [0.05, 0.1) is 0 Å². The van der Waals surface area contributed by atoms with E-state index in [-0.39, 0.29) is 43.3 Å². The molecule has 0 unspecified atom stereocenters. The summed E-state index contributed by atoms with van der Waals surface area (Å²) in [4.78, 5) is 0. The van der Waals surface area contributed by atoms with Gasteiger partial charge in [-0.3, -0.25) is 0 Å². The molecule has 7 heteroatoms. The summed E-state index contributed by atoms with van der Waals surface area (Å²) < 4.78 is 33.3. The normalized spacial score (nSPS) is 14.1. The number of rotatable bonds is 5. The van der Waals surface area contributed by atoms with E-state index in [1.807, 2.05) is 0 Å². The highest BCUT2D eigenvalue weighted by molar-refractivity contribution is 7.58. The average molecular weight is 950 g/mol. The predicted molar refractivity (Wildman–Crippen MR) is 296 cm³/mol. The summed E-state index contributed by atoms with van der Waals surface area (Å²) in [5.41, 5.74) is 12.0. The van der Waals surface area contributed by atoms with Gasteiger partial charge in [0.25, 0.3) is 0 Å². The Balaban J connectivity index is 1.99. The van der Waals surface area contributed by atoms with E-state index < -0.39 is 16.3 Å². The Morgan fingerprint density at radius 2 is 0.537 bits per heavy atom. The Labute approximate surface area is 408 Å². The fourth-order valence-electron chi connectivity index (χ4n) is 8.73. The van der Waals surface area contributed by atoms with E-state index in [4.69, 9.17) is 16.8 Å². The van der Waals surface area contributed by atoms with Crippen LogP contribution in [0.3, 0.4) is 0 Å². The van der Waals surface area contributed by atoms with Crippen molar-refractivity contribution < 1.29 is 16.8 Å². The lowest BCUT2D eigenvalue weighted by molar-refractivity contribution is 0.551. The van der Waals surface area contributed by atoms with E-state index in [9.17, 15) is 0 Å². The zero-order chi connectivity index (χ0) is 50.6. The highest BCUT2D eigenvalue weighted by Gasteiger charge is 2.34. The molecule has 0 fully saturated rings. The largest absolute Gasteiger partial charge is 0.407 e. The molecule has 0 atom stereocenters. The summed E-state index contributed by atoms with van der Waals surface area (Å²) in [6.45, 7) is 58.4. The van der Waals surface area contributed by atoms with Crippen molar-refractivity contribution in [2.75, 3.05) is 11.0 Å². The first-order chi connectivity index (χ1) is 30.2. The fourth-order valence-corrected chi connectivity index (χ4v) is 12.1. The van der Waals surface area contributed by atoms with Crippen molar-refractivity contribution in [3.63, 3.8) is 0 Å². The third kappa shape index (κ3) is 11.0. The van der Waals surface area contributed by atoms with Crippen molar-refractivity contribution in [3.05, 3.63) is 93.0 Å². The highest BCUT2D eigenvalue weighted by Crippen LogP contribution is 2.53. The van der Waals surface area contributed by atoms with Crippen molar-refractivity contribution in [1.82, 2.24) is 0 Å². The first kappa shape index (κ1) is 53.0. The van der Waals surface area contributed by atoms with Gasteiger partial charge in [0.15, 0.2) is 0 Å². The number of hydrogen-bond acceptors (Lipinski definition) is 5. The van der Waals surface area contributed by atoms with Crippen LogP contribution >= 0.6 is 16.3 Å². The van der Waals surface area contributed by atoms with E-state index >= 15 is 0 Å². The summed E-state index contributed by atoms with van der Waals surface area (Å²) in [6, 6.07) is 19.1. The van der Waals surface area contributed by atoms with Gasteiger partial charge in [-0.15, -0.1) is 0 Å². The van der Waals surface area contributed by atoms with Gasteiger partial charge in [-0.05, 0) is 96.3 Å². The van der Waals surface area contributed by atoms with E-state index in [1.54, 1.807) is 0 Å². The highest BCUT2D eigenvalue weighted by atomic mass is 31.2. The molecule has 0 saturated carbocycles. The average Bonchev–Trinajstić information content (AvgIpc) is 3.41. The van der Waals surface area contributed by atoms with Crippen LogP contribution in [0.5, 0.6) is 0 Å². The minimum Gasteiger partial charge on any atom is -0.407 e. The molecule has 0 bridgehead atoms. The van der Waals surface area contributed by atoms with Crippen LogP contribution in [0.25, 0.3) is 43.9 Å². The summed E-state index contributed by atoms with van der Waals surface area (Å²) in [5.74, 6) is 0. The molecule has 0 spiro atoms. The number of fused-ring (bicyclic) bond motifs is 6. The van der Waals surface area contributed by atoms with E-state index in [1.165, 1.54) is 44.5 Å². The molecule has 0 aliphatic rings. The van der Waals surface area contributed by atoms with E-state index in [2.05, 4.69) is 226 Å². The van der Waals surface area contributed by atoms with Crippen LogP contribution in [0.1, 0.15) is 230 Å². The van der Waals surface area contributed by atoms with Gasteiger partial charge in [-0.1, -0.05) is 208 Å². The van der Waals surface area contributed by atoms with Crippen LogP contribution in [0.4, 0.5) is 0 Å². The Bertz CT molecular complexity index is 2520. The van der Waals surface area contributed by atoms with Crippen LogP contribution in [0, 0.1) is 0 Å². The molecule has 0 amide bonds. The summed E-state index contributed by atoms with van der Waals surface area (Å²) in [7, 11) is -3.75. The lowest BCUT2D eigenvalue weighted by Gasteiger charge is -2.27. The van der Waals surface area contributed by atoms with E-state index in [0.717, 1.165) is 56.7 Å². The lowest BCUT2D eigenvalue weighted by atomic mass is 9.77. The maximum absolute atomic E-state index is 7.73. The third-order valence-corrected chi connectivity index (χ3v) is 16.8. The maximum atomic E-state index is 7.73. The minimum atomic E-state index is -1.87. The van der Waals surface area contributed by atoms with Gasteiger partial charge in [-0.25, -0.2) is 0 Å². The second-order valence-corrected chi connectivity index (χ2v) is 30.9. The molecule has 6 rings (SSSR count). The van der Waals surface area contributed by atoms with Crippen molar-refractivity contribution >= 4 is 60.2 Å². The number of nitrogens with zero attached hydrogens (tertiary/aromatic N) is 1. The number of unbranched alkanes of at least 4 members (excludes halogenated alkanes) is 1. The molecule has 0 N–H and O–H groups in total. The lowest BCUT2D eigenvalue weighted by Crippen LogP contribution is -2.17. The number of benzene rings is 4. The second-order valence-electron chi connectivity index (χ2n) is 27.9. The van der Waals surface area contributed by atoms with Gasteiger partial charge >= 0.3 is 16.3 Å². The Kier molecular flexibility index (Phi) is 13.8. The standard InChI is InChI=1S/C60H89NO4P2/c1-26-27-28-61(66-62-49-41(29-37(53(2,3)4)33-45(49)57(14,15)16)42-30-38(54(5,6)7)34-46(50(42)63-66)58(17,18)19)67-64-51-43(31-39(55(8,9)10)35-47(51)59(20,21)22)44-32-40(56(11,12)13)36-48(52(44)65-67)60(23,24)25/h29-36H,26-28H2,1-25H3. The molecule has 2 aromatic heterocycles. The quantitative estimate of drug-likeness (QED) is 0.172. The molecule has 0 aliphatic heterocycles. The number of hydrogen-bond donors (Lipinski definition) is 0. The second kappa shape index (κ2) is 17.5. The topological polar surface area (TPSA) is 55.8 Å². The smallest absolute Gasteiger partial charge is 0.322 e. The first-order valence-electron chi connectivity index (χ1n) is 25.1. The molecular formula is C60H89NO4P2. The molecule has 5 nitrogen and oxygen atoms in total. The van der Waals surface area contributed by atoms with Gasteiger partial charge < -0.3 is 16.8 Å². The molecular weight excluding hydrogens is 861 g/mol. The monoisotopic (exact) mass is 950 g/mol. The van der Waals surface area contributed by atoms with Gasteiger partial charge in [-0.2, -0.15) is 0 Å². The van der Waals surface area contributed by atoms with Crippen molar-refractivity contribution in [2.45, 2.75) is 229 Å². The van der Waals surface area contributed by atoms with Crippen molar-refractivity contribution in [3.8, 4) is 0 Å². The Morgan fingerprint density at radius 3 is 0.701 bits per heavy atom. The fraction of sp³-hybridized carbons (Fsp3) is 0.600. The summed E-state index contributed by atoms with van der Waals surface area (Å²) in [6.07, 6.45) is 1.89. The Hall–Kier alpha value is -3.36. The molecule has 6 aromatic rings. The van der Waals surface area contributed by atoms with Gasteiger partial charge in [0.2, 0.25) is 0 Å². The van der Waals surface area contributed by atoms with Crippen LogP contribution in [-0.4, -0.2) is 6.54 Å². The van der Waals surface area contributed by atoms with Crippen LogP contribution in [0.15, 0.2) is 65.3 Å². The van der Waals surface area contributed by atoms with Crippen LogP contribution in [-0.2, 0) is 43.3 Å². The molecule has 2 heterocycles. The van der Waals surface area contributed by atoms with Gasteiger partial charge in [0, 0.05) is 50.3 Å². The Morgan fingerprint density at radius 1 is 0.328 bits per heavy atom. The van der Waals surface area contributed by atoms with Crippen molar-refractivity contribution in [1.29, 1.82) is 0 Å². The van der Waals surface area contributed by atoms with Gasteiger partial charge in [0.1, 0.15) is 22.3 Å². The van der Waals surface area contributed by atoms with Crippen LogP contribution in [0.2, 0.25) is 0 Å². The van der Waals surface area contributed by atoms with E-state index in [0.29, 0.717) is 6.54 Å². The molecule has 0 saturated heterocycles. The molecule has 4 aromatic carbocycles. The summed E-state index contributed by atoms with van der Waals surface area (Å²) in [5, 5.41) is 4.35. The first-order valence-corrected chi connectivity index (χ1v) is 27.3. The zero-order valence-electron chi connectivity index (χ0n) is 46.7. The molecule has 0 aliphatic carbocycles. The maximum Gasteiger partial charge on any atom is 0.322 e. The molecule has 0 radical (unpaired) electrons. The zero-order valence-corrected chi connectivity index (χ0v) is 48.5. The molecule has 67 heavy (non-hydrogen) atoms. The minimum absolute atomic E-state index is 0.101. The summed E-state index contributed by atoms with van der Waals surface area (Å²) >= 11 is 0.